The first-order valence-corrected chi connectivity index (χ1v) is 5.72. The topological polar surface area (TPSA) is 0 Å². The third-order valence-corrected chi connectivity index (χ3v) is 3.86. The summed E-state index contributed by atoms with van der Waals surface area (Å²) in [5.74, 6) is 0.847. The van der Waals surface area contributed by atoms with Gasteiger partial charge in [0.25, 0.3) is 0 Å². The van der Waals surface area contributed by atoms with E-state index in [9.17, 15) is 0 Å². The van der Waals surface area contributed by atoms with Crippen molar-refractivity contribution in [3.8, 4) is 0 Å². The molecule has 0 nitrogen and oxygen atoms in total. The third-order valence-electron chi connectivity index (χ3n) is 2.50. The molecule has 68 valence electrons. The lowest BCUT2D eigenvalue weighted by Gasteiger charge is -2.26. The third kappa shape index (κ3) is 4.84. The van der Waals surface area contributed by atoms with Crippen LogP contribution in [0.25, 0.3) is 0 Å². The minimum absolute atomic E-state index is 0.532. The molecule has 0 aliphatic carbocycles. The maximum atomic E-state index is 3.58. The molecule has 0 aromatic rings. The molecule has 0 radical (unpaired) electrons. The van der Waals surface area contributed by atoms with Gasteiger partial charge in [0, 0.05) is 5.33 Å². The molecule has 0 aliphatic heterocycles. The van der Waals surface area contributed by atoms with Crippen molar-refractivity contribution in [1.82, 2.24) is 0 Å². The van der Waals surface area contributed by atoms with E-state index in [-0.39, 0.29) is 0 Å². The monoisotopic (exact) mass is 220 g/mol. The van der Waals surface area contributed by atoms with Gasteiger partial charge in [0.05, 0.1) is 0 Å². The molecule has 0 aliphatic rings. The predicted molar refractivity (Wildman–Crippen MR) is 56.3 cm³/mol. The minimum atomic E-state index is 0.532. The number of hydrogen-bond donors (Lipinski definition) is 0. The summed E-state index contributed by atoms with van der Waals surface area (Å²) in [7, 11) is 0. The van der Waals surface area contributed by atoms with Gasteiger partial charge in [-0.1, -0.05) is 50.0 Å². The highest BCUT2D eigenvalue weighted by atomic mass is 79.9. The van der Waals surface area contributed by atoms with Crippen LogP contribution < -0.4 is 0 Å². The van der Waals surface area contributed by atoms with Gasteiger partial charge in [0.2, 0.25) is 0 Å². The van der Waals surface area contributed by atoms with E-state index >= 15 is 0 Å². The molecule has 0 heterocycles. The van der Waals surface area contributed by atoms with E-state index in [1.54, 1.807) is 0 Å². The molecule has 0 aromatic heterocycles. The van der Waals surface area contributed by atoms with Crippen molar-refractivity contribution >= 4 is 15.9 Å². The van der Waals surface area contributed by atoms with Gasteiger partial charge >= 0.3 is 0 Å². The molecule has 0 fully saturated rings. The Balaban J connectivity index is 3.69. The Morgan fingerprint density at radius 1 is 1.36 bits per heavy atom. The molecule has 0 saturated carbocycles. The number of alkyl halides is 1. The Morgan fingerprint density at radius 2 is 1.91 bits per heavy atom. The molecule has 11 heavy (non-hydrogen) atoms. The summed E-state index contributed by atoms with van der Waals surface area (Å²) in [6, 6.07) is 0. The normalized spacial score (nSPS) is 16.9. The van der Waals surface area contributed by atoms with Crippen LogP contribution in [0.4, 0.5) is 0 Å². The molecule has 0 aromatic carbocycles. The van der Waals surface area contributed by atoms with E-state index in [0.29, 0.717) is 5.41 Å². The largest absolute Gasteiger partial charge is 0.0922 e. The van der Waals surface area contributed by atoms with Gasteiger partial charge in [-0.25, -0.2) is 0 Å². The van der Waals surface area contributed by atoms with Gasteiger partial charge in [-0.05, 0) is 24.2 Å². The van der Waals surface area contributed by atoms with Gasteiger partial charge in [-0.2, -0.15) is 0 Å². The average Bonchev–Trinajstić information content (AvgIpc) is 2.00. The zero-order chi connectivity index (χ0) is 8.91. The smallest absolute Gasteiger partial charge is 0.00852 e. The lowest BCUT2D eigenvalue weighted by atomic mass is 9.83. The molecule has 0 amide bonds. The maximum absolute atomic E-state index is 3.58. The summed E-state index contributed by atoms with van der Waals surface area (Å²) in [4.78, 5) is 0. The van der Waals surface area contributed by atoms with Crippen LogP contribution in [0.3, 0.4) is 0 Å². The Kier molecular flexibility index (Phi) is 5.41. The van der Waals surface area contributed by atoms with Crippen LogP contribution in [0.2, 0.25) is 0 Å². The van der Waals surface area contributed by atoms with E-state index < -0.39 is 0 Å². The first-order chi connectivity index (χ1) is 5.04. The van der Waals surface area contributed by atoms with Gasteiger partial charge in [0.1, 0.15) is 0 Å². The van der Waals surface area contributed by atoms with E-state index in [1.807, 2.05) is 0 Å². The van der Waals surface area contributed by atoms with Crippen molar-refractivity contribution in [2.75, 3.05) is 5.33 Å². The first-order valence-electron chi connectivity index (χ1n) is 4.60. The fourth-order valence-electron chi connectivity index (χ4n) is 0.975. The predicted octanol–water partition coefficient (Wildman–Crippen LogP) is 4.23. The maximum Gasteiger partial charge on any atom is 0.00852 e. The lowest BCUT2D eigenvalue weighted by Crippen LogP contribution is -2.17. The van der Waals surface area contributed by atoms with Crippen molar-refractivity contribution in [3.05, 3.63) is 0 Å². The summed E-state index contributed by atoms with van der Waals surface area (Å²) in [5.41, 5.74) is 0.532. The second-order valence-corrected chi connectivity index (χ2v) is 4.79. The van der Waals surface area contributed by atoms with Crippen LogP contribution in [0, 0.1) is 11.3 Å². The van der Waals surface area contributed by atoms with Crippen molar-refractivity contribution in [2.45, 2.75) is 47.0 Å². The SMILES string of the molecule is CCC(C)(CBr)CCC(C)C. The number of halogens is 1. The van der Waals surface area contributed by atoms with Crippen molar-refractivity contribution in [2.24, 2.45) is 11.3 Å². The van der Waals surface area contributed by atoms with Crippen LogP contribution in [-0.2, 0) is 0 Å². The summed E-state index contributed by atoms with van der Waals surface area (Å²) in [5, 5.41) is 1.14. The molecule has 0 spiro atoms. The second kappa shape index (κ2) is 5.18. The second-order valence-electron chi connectivity index (χ2n) is 4.23. The highest BCUT2D eigenvalue weighted by molar-refractivity contribution is 9.09. The van der Waals surface area contributed by atoms with Gasteiger partial charge in [-0.3, -0.25) is 0 Å². The quantitative estimate of drug-likeness (QED) is 0.609. The van der Waals surface area contributed by atoms with Crippen molar-refractivity contribution in [3.63, 3.8) is 0 Å². The summed E-state index contributed by atoms with van der Waals surface area (Å²) in [6.07, 6.45) is 3.99. The van der Waals surface area contributed by atoms with E-state index in [1.165, 1.54) is 19.3 Å². The molecule has 0 bridgehead atoms. The first kappa shape index (κ1) is 11.5. The molecule has 0 rings (SSSR count). The minimum Gasteiger partial charge on any atom is -0.0922 e. The Labute approximate surface area is 79.9 Å². The van der Waals surface area contributed by atoms with Crippen LogP contribution >= 0.6 is 15.9 Å². The molecule has 1 unspecified atom stereocenters. The highest BCUT2D eigenvalue weighted by Gasteiger charge is 2.19. The van der Waals surface area contributed by atoms with Crippen molar-refractivity contribution in [1.29, 1.82) is 0 Å². The van der Waals surface area contributed by atoms with E-state index in [4.69, 9.17) is 0 Å². The van der Waals surface area contributed by atoms with Crippen LogP contribution in [0.5, 0.6) is 0 Å². The van der Waals surface area contributed by atoms with Crippen LogP contribution in [-0.4, -0.2) is 5.33 Å². The average molecular weight is 221 g/mol. The van der Waals surface area contributed by atoms with Gasteiger partial charge in [0.15, 0.2) is 0 Å². The van der Waals surface area contributed by atoms with Crippen molar-refractivity contribution < 1.29 is 0 Å². The van der Waals surface area contributed by atoms with E-state index in [2.05, 4.69) is 43.6 Å². The standard InChI is InChI=1S/C10H21Br/c1-5-10(4,8-11)7-6-9(2)3/h9H,5-8H2,1-4H3. The molecular formula is C10H21Br. The van der Waals surface area contributed by atoms with Crippen LogP contribution in [0.1, 0.15) is 47.0 Å². The van der Waals surface area contributed by atoms with Gasteiger partial charge in [-0.15, -0.1) is 0 Å². The summed E-state index contributed by atoms with van der Waals surface area (Å²) >= 11 is 3.58. The van der Waals surface area contributed by atoms with E-state index in [0.717, 1.165) is 11.2 Å². The fourth-order valence-corrected chi connectivity index (χ4v) is 1.65. The number of hydrogen-bond acceptors (Lipinski definition) is 0. The molecular weight excluding hydrogens is 200 g/mol. The summed E-state index contributed by atoms with van der Waals surface area (Å²) in [6.45, 7) is 9.24. The molecule has 1 heteroatoms. The molecule has 0 N–H and O–H groups in total. The van der Waals surface area contributed by atoms with Crippen LogP contribution in [0.15, 0.2) is 0 Å². The summed E-state index contributed by atoms with van der Waals surface area (Å²) < 4.78 is 0. The zero-order valence-electron chi connectivity index (χ0n) is 8.28. The number of rotatable bonds is 5. The Morgan fingerprint density at radius 3 is 2.18 bits per heavy atom. The lowest BCUT2D eigenvalue weighted by molar-refractivity contribution is 0.303. The Hall–Kier alpha value is 0.480. The van der Waals surface area contributed by atoms with Gasteiger partial charge < -0.3 is 0 Å². The Bertz CT molecular complexity index is 93.0. The molecule has 1 atom stereocenters. The highest BCUT2D eigenvalue weighted by Crippen LogP contribution is 2.30. The molecule has 0 saturated heterocycles. The zero-order valence-corrected chi connectivity index (χ0v) is 9.87. The fraction of sp³-hybridized carbons (Fsp3) is 1.00.